The minimum Gasteiger partial charge on any atom is -0.331 e. The highest BCUT2D eigenvalue weighted by Gasteiger charge is 2.32. The van der Waals surface area contributed by atoms with E-state index in [9.17, 15) is 9.59 Å². The van der Waals surface area contributed by atoms with E-state index in [1.165, 1.54) is 11.8 Å². The summed E-state index contributed by atoms with van der Waals surface area (Å²) in [6, 6.07) is 4.46. The summed E-state index contributed by atoms with van der Waals surface area (Å²) in [5.41, 5.74) is 3.36. The van der Waals surface area contributed by atoms with Gasteiger partial charge < -0.3 is 10.2 Å². The van der Waals surface area contributed by atoms with Gasteiger partial charge in [0.15, 0.2) is 5.16 Å². The van der Waals surface area contributed by atoms with Gasteiger partial charge in [0, 0.05) is 30.0 Å². The summed E-state index contributed by atoms with van der Waals surface area (Å²) in [6.07, 6.45) is 5.26. The van der Waals surface area contributed by atoms with Crippen molar-refractivity contribution in [1.29, 1.82) is 0 Å². The lowest BCUT2D eigenvalue weighted by Crippen LogP contribution is -2.50. The summed E-state index contributed by atoms with van der Waals surface area (Å²) in [7, 11) is 0. The lowest BCUT2D eigenvalue weighted by Gasteiger charge is -2.35. The van der Waals surface area contributed by atoms with Gasteiger partial charge in [-0.2, -0.15) is 0 Å². The van der Waals surface area contributed by atoms with E-state index >= 15 is 0 Å². The molecule has 2 heterocycles. The number of thioether (sulfide) groups is 1. The van der Waals surface area contributed by atoms with Crippen LogP contribution in [-0.4, -0.2) is 45.5 Å². The zero-order valence-corrected chi connectivity index (χ0v) is 20.2. The maximum Gasteiger partial charge on any atom is 0.247 e. The van der Waals surface area contributed by atoms with Gasteiger partial charge in [0.2, 0.25) is 11.8 Å². The van der Waals surface area contributed by atoms with Crippen LogP contribution in [0.15, 0.2) is 23.4 Å². The van der Waals surface area contributed by atoms with Crippen LogP contribution in [0.3, 0.4) is 0 Å². The highest BCUT2D eigenvalue weighted by atomic mass is 35.5. The first-order valence-electron chi connectivity index (χ1n) is 10.2. The monoisotopic (exact) mass is 480 g/mol. The molecule has 1 atom stereocenters. The summed E-state index contributed by atoms with van der Waals surface area (Å²) in [4.78, 5) is 36.7. The summed E-state index contributed by atoms with van der Waals surface area (Å²) in [5, 5.41) is 4.40. The normalized spacial score (nSPS) is 16.3. The Kier molecular flexibility index (Phi) is 8.19. The third-order valence-corrected chi connectivity index (χ3v) is 6.77. The van der Waals surface area contributed by atoms with Crippen LogP contribution >= 0.6 is 35.0 Å². The molecule has 166 valence electrons. The molecule has 0 spiro atoms. The van der Waals surface area contributed by atoms with E-state index in [4.69, 9.17) is 23.2 Å². The van der Waals surface area contributed by atoms with E-state index in [2.05, 4.69) is 15.3 Å². The summed E-state index contributed by atoms with van der Waals surface area (Å²) >= 11 is 13.5. The molecular formula is C22H26Cl2N4O2S. The quantitative estimate of drug-likeness (QED) is 0.460. The van der Waals surface area contributed by atoms with Crippen molar-refractivity contribution in [3.8, 4) is 0 Å². The number of carbonyl (C=O) groups excluding carboxylic acids is 2. The fourth-order valence-corrected chi connectivity index (χ4v) is 4.59. The van der Waals surface area contributed by atoms with Gasteiger partial charge in [-0.25, -0.2) is 9.97 Å². The molecule has 0 bridgehead atoms. The Labute approximate surface area is 197 Å². The average molecular weight is 481 g/mol. The lowest BCUT2D eigenvalue weighted by atomic mass is 9.99. The molecule has 1 unspecified atom stereocenters. The first kappa shape index (κ1) is 23.8. The van der Waals surface area contributed by atoms with Crippen molar-refractivity contribution < 1.29 is 9.59 Å². The molecule has 9 heteroatoms. The number of nitrogens with zero attached hydrogens (tertiary/aromatic N) is 3. The molecule has 0 radical (unpaired) electrons. The molecule has 2 amide bonds. The van der Waals surface area contributed by atoms with Gasteiger partial charge in [0.1, 0.15) is 6.04 Å². The zero-order valence-electron chi connectivity index (χ0n) is 17.9. The Balaban J connectivity index is 1.67. The summed E-state index contributed by atoms with van der Waals surface area (Å²) in [6.45, 7) is 4.48. The van der Waals surface area contributed by atoms with E-state index in [-0.39, 0.29) is 11.8 Å². The number of benzene rings is 1. The zero-order chi connectivity index (χ0) is 22.5. The Morgan fingerprint density at radius 3 is 2.52 bits per heavy atom. The number of hydrogen-bond acceptors (Lipinski definition) is 5. The van der Waals surface area contributed by atoms with Gasteiger partial charge in [-0.3, -0.25) is 9.59 Å². The second-order valence-electron chi connectivity index (χ2n) is 7.58. The van der Waals surface area contributed by atoms with Crippen LogP contribution in [0.25, 0.3) is 0 Å². The Bertz CT molecular complexity index is 963. The minimum absolute atomic E-state index is 0.0262. The topological polar surface area (TPSA) is 75.2 Å². The van der Waals surface area contributed by atoms with E-state index < -0.39 is 6.04 Å². The van der Waals surface area contributed by atoms with Crippen molar-refractivity contribution in [1.82, 2.24) is 14.9 Å². The molecule has 1 aromatic heterocycles. The maximum absolute atomic E-state index is 13.0. The lowest BCUT2D eigenvalue weighted by molar-refractivity contribution is -0.140. The molecule has 1 N–H and O–H groups in total. The fraction of sp³-hybridized carbons (Fsp3) is 0.455. The van der Waals surface area contributed by atoms with Gasteiger partial charge in [0.05, 0.1) is 10.0 Å². The number of piperidine rings is 1. The van der Waals surface area contributed by atoms with Crippen molar-refractivity contribution in [2.75, 3.05) is 18.1 Å². The van der Waals surface area contributed by atoms with E-state index in [1.807, 2.05) is 20.1 Å². The van der Waals surface area contributed by atoms with E-state index in [0.717, 1.165) is 34.9 Å². The highest BCUT2D eigenvalue weighted by molar-refractivity contribution is 7.98. The summed E-state index contributed by atoms with van der Waals surface area (Å²) < 4.78 is 0. The standard InChI is InChI=1S/C22H26Cl2N4O2S/c1-13-16(14(2)26-22(25-13)31-3)8-10-20(29)28-11-5-4-6-19(28)21(30)27-15-7-9-17(23)18(24)12-15/h7,9,12,19H,4-6,8,10-11H2,1-3H3,(H,27,30). The van der Waals surface area contributed by atoms with E-state index in [1.54, 1.807) is 23.1 Å². The predicted octanol–water partition coefficient (Wildman–Crippen LogP) is 5.07. The number of anilines is 1. The third-order valence-electron chi connectivity index (χ3n) is 5.48. The van der Waals surface area contributed by atoms with Crippen molar-refractivity contribution in [2.45, 2.75) is 57.1 Å². The Morgan fingerprint density at radius 2 is 1.87 bits per heavy atom. The predicted molar refractivity (Wildman–Crippen MR) is 126 cm³/mol. The number of halogens is 2. The van der Waals surface area contributed by atoms with Gasteiger partial charge in [0.25, 0.3) is 0 Å². The molecule has 1 fully saturated rings. The number of nitrogens with one attached hydrogen (secondary N) is 1. The number of aromatic nitrogens is 2. The second-order valence-corrected chi connectivity index (χ2v) is 9.16. The van der Waals surface area contributed by atoms with E-state index in [0.29, 0.717) is 41.5 Å². The highest BCUT2D eigenvalue weighted by Crippen LogP contribution is 2.26. The average Bonchev–Trinajstić information content (AvgIpc) is 2.75. The van der Waals surface area contributed by atoms with Crippen LogP contribution in [0.2, 0.25) is 10.0 Å². The SMILES string of the molecule is CSc1nc(C)c(CCC(=O)N2CCCCC2C(=O)Nc2ccc(Cl)c(Cl)c2)c(C)n1. The molecule has 1 aromatic carbocycles. The van der Waals surface area contributed by atoms with Crippen molar-refractivity contribution in [3.05, 3.63) is 45.2 Å². The van der Waals surface area contributed by atoms with Crippen LogP contribution in [0.5, 0.6) is 0 Å². The fourth-order valence-electron chi connectivity index (χ4n) is 3.84. The Hall–Kier alpha value is -1.83. The Morgan fingerprint density at radius 1 is 1.16 bits per heavy atom. The maximum atomic E-state index is 13.0. The summed E-state index contributed by atoms with van der Waals surface area (Å²) in [5.74, 6) is -0.229. The second kappa shape index (κ2) is 10.7. The van der Waals surface area contributed by atoms with Crippen LogP contribution in [0, 0.1) is 13.8 Å². The van der Waals surface area contributed by atoms with Crippen molar-refractivity contribution in [3.63, 3.8) is 0 Å². The van der Waals surface area contributed by atoms with Crippen LogP contribution in [-0.2, 0) is 16.0 Å². The molecule has 6 nitrogen and oxygen atoms in total. The minimum atomic E-state index is -0.493. The largest absolute Gasteiger partial charge is 0.331 e. The van der Waals surface area contributed by atoms with Gasteiger partial charge >= 0.3 is 0 Å². The first-order chi connectivity index (χ1) is 14.8. The molecule has 0 saturated carbocycles. The molecule has 31 heavy (non-hydrogen) atoms. The molecule has 3 rings (SSSR count). The van der Waals surface area contributed by atoms with Crippen LogP contribution in [0.1, 0.15) is 42.6 Å². The van der Waals surface area contributed by atoms with Crippen LogP contribution < -0.4 is 5.32 Å². The third kappa shape index (κ3) is 5.90. The molecule has 1 saturated heterocycles. The number of rotatable bonds is 6. The molecule has 2 aromatic rings. The first-order valence-corrected chi connectivity index (χ1v) is 12.2. The number of likely N-dealkylation sites (tertiary alicyclic amines) is 1. The number of carbonyl (C=O) groups is 2. The smallest absolute Gasteiger partial charge is 0.247 e. The van der Waals surface area contributed by atoms with Gasteiger partial charge in [-0.05, 0) is 69.5 Å². The van der Waals surface area contributed by atoms with Crippen LogP contribution in [0.4, 0.5) is 5.69 Å². The molecule has 0 aliphatic carbocycles. The molecular weight excluding hydrogens is 455 g/mol. The molecule has 1 aliphatic rings. The van der Waals surface area contributed by atoms with Crippen molar-refractivity contribution >= 4 is 52.5 Å². The number of aryl methyl sites for hydroxylation is 2. The number of hydrogen-bond donors (Lipinski definition) is 1. The number of amides is 2. The van der Waals surface area contributed by atoms with Crippen molar-refractivity contribution in [2.24, 2.45) is 0 Å². The molecule has 1 aliphatic heterocycles. The van der Waals surface area contributed by atoms with Gasteiger partial charge in [-0.1, -0.05) is 35.0 Å². The van der Waals surface area contributed by atoms with Gasteiger partial charge in [-0.15, -0.1) is 0 Å².